The first-order chi connectivity index (χ1) is 15.3. The fraction of sp³-hybridized carbons (Fsp3) is 0.480. The third-order valence-electron chi connectivity index (χ3n) is 5.29. The summed E-state index contributed by atoms with van der Waals surface area (Å²) in [7, 11) is 1.71. The van der Waals surface area contributed by atoms with Crippen molar-refractivity contribution in [2.45, 2.75) is 45.4 Å². The second kappa shape index (κ2) is 13.0. The van der Waals surface area contributed by atoms with E-state index in [4.69, 9.17) is 19.2 Å². The van der Waals surface area contributed by atoms with E-state index in [0.717, 1.165) is 57.3 Å². The molecule has 0 atom stereocenters. The number of methoxy groups -OCH3 is 1. The number of nitrogens with one attached hydrogen (secondary N) is 2. The number of hydrogen-bond donors (Lipinski definition) is 2. The second-order valence-electron chi connectivity index (χ2n) is 7.63. The van der Waals surface area contributed by atoms with Gasteiger partial charge in [-0.15, -0.1) is 0 Å². The van der Waals surface area contributed by atoms with Crippen molar-refractivity contribution in [2.75, 3.05) is 33.4 Å². The molecular formula is C25H35N3O3. The number of rotatable bonds is 10. The van der Waals surface area contributed by atoms with E-state index in [2.05, 4.69) is 47.9 Å². The van der Waals surface area contributed by atoms with E-state index >= 15 is 0 Å². The predicted octanol–water partition coefficient (Wildman–Crippen LogP) is 3.69. The molecule has 0 radical (unpaired) electrons. The number of nitrogens with zero attached hydrogens (tertiary/aromatic N) is 1. The topological polar surface area (TPSA) is 64.1 Å². The van der Waals surface area contributed by atoms with Gasteiger partial charge >= 0.3 is 0 Å². The van der Waals surface area contributed by atoms with E-state index in [-0.39, 0.29) is 0 Å². The lowest BCUT2D eigenvalue weighted by atomic mass is 10.1. The maximum atomic E-state index is 6.05. The molecule has 0 spiro atoms. The van der Waals surface area contributed by atoms with Gasteiger partial charge in [-0.25, -0.2) is 4.99 Å². The number of ether oxygens (including phenoxy) is 3. The summed E-state index contributed by atoms with van der Waals surface area (Å²) < 4.78 is 16.9. The van der Waals surface area contributed by atoms with Crippen LogP contribution in [0.4, 0.5) is 0 Å². The zero-order valence-corrected chi connectivity index (χ0v) is 18.7. The molecule has 2 aromatic rings. The van der Waals surface area contributed by atoms with Crippen LogP contribution >= 0.6 is 0 Å². The largest absolute Gasteiger partial charge is 0.496 e. The standard InChI is InChI=1S/C25H35N3O3/c1-3-26-25(27-14-11-22-9-4-5-10-24(22)29-2)28-18-20-7-6-8-21(17-20)19-31-23-12-15-30-16-13-23/h4-10,17,23H,3,11-16,18-19H2,1-2H3,(H2,26,27,28). The van der Waals surface area contributed by atoms with Gasteiger partial charge in [0.05, 0.1) is 26.4 Å². The predicted molar refractivity (Wildman–Crippen MR) is 125 cm³/mol. The van der Waals surface area contributed by atoms with Crippen LogP contribution in [0.5, 0.6) is 5.75 Å². The minimum absolute atomic E-state index is 0.309. The number of para-hydroxylation sites is 1. The summed E-state index contributed by atoms with van der Waals surface area (Å²) in [6, 6.07) is 16.6. The first-order valence-corrected chi connectivity index (χ1v) is 11.2. The van der Waals surface area contributed by atoms with E-state index in [0.29, 0.717) is 19.3 Å². The Kier molecular flexibility index (Phi) is 9.67. The lowest BCUT2D eigenvalue weighted by molar-refractivity contribution is -0.0390. The molecule has 168 valence electrons. The maximum absolute atomic E-state index is 6.05. The summed E-state index contributed by atoms with van der Waals surface area (Å²) in [5.41, 5.74) is 3.55. The molecule has 0 saturated carbocycles. The van der Waals surface area contributed by atoms with Crippen LogP contribution in [0.3, 0.4) is 0 Å². The lowest BCUT2D eigenvalue weighted by Gasteiger charge is -2.22. The van der Waals surface area contributed by atoms with Gasteiger partial charge in [0.1, 0.15) is 5.75 Å². The Labute approximate surface area is 186 Å². The summed E-state index contributed by atoms with van der Waals surface area (Å²) in [5.74, 6) is 1.74. The van der Waals surface area contributed by atoms with Gasteiger partial charge in [0, 0.05) is 26.3 Å². The Morgan fingerprint density at radius 2 is 1.87 bits per heavy atom. The van der Waals surface area contributed by atoms with Crippen molar-refractivity contribution in [3.8, 4) is 5.75 Å². The molecule has 31 heavy (non-hydrogen) atoms. The molecule has 1 aliphatic heterocycles. The maximum Gasteiger partial charge on any atom is 0.191 e. The van der Waals surface area contributed by atoms with Gasteiger partial charge in [0.2, 0.25) is 0 Å². The monoisotopic (exact) mass is 425 g/mol. The quantitative estimate of drug-likeness (QED) is 0.449. The molecule has 6 heteroatoms. The number of aliphatic imine (C=N–C) groups is 1. The van der Waals surface area contributed by atoms with E-state index in [1.54, 1.807) is 7.11 Å². The fourth-order valence-corrected chi connectivity index (χ4v) is 3.61. The highest BCUT2D eigenvalue weighted by Crippen LogP contribution is 2.17. The van der Waals surface area contributed by atoms with Crippen LogP contribution in [0, 0.1) is 0 Å². The first-order valence-electron chi connectivity index (χ1n) is 11.2. The Hall–Kier alpha value is -2.57. The highest BCUT2D eigenvalue weighted by Gasteiger charge is 2.14. The van der Waals surface area contributed by atoms with E-state index in [9.17, 15) is 0 Å². The smallest absolute Gasteiger partial charge is 0.191 e. The summed E-state index contributed by atoms with van der Waals surface area (Å²) in [6.45, 7) is 6.54. The molecule has 0 aliphatic carbocycles. The first kappa shape index (κ1) is 23.1. The Balaban J connectivity index is 1.50. The molecular weight excluding hydrogens is 390 g/mol. The summed E-state index contributed by atoms with van der Waals surface area (Å²) in [4.78, 5) is 4.75. The van der Waals surface area contributed by atoms with Crippen LogP contribution in [0.1, 0.15) is 36.5 Å². The fourth-order valence-electron chi connectivity index (χ4n) is 3.61. The van der Waals surface area contributed by atoms with Crippen molar-refractivity contribution in [3.63, 3.8) is 0 Å². The van der Waals surface area contributed by atoms with E-state index in [1.165, 1.54) is 16.7 Å². The Bertz CT molecular complexity index is 819. The van der Waals surface area contributed by atoms with Gasteiger partial charge in [0.15, 0.2) is 5.96 Å². The molecule has 2 aromatic carbocycles. The van der Waals surface area contributed by atoms with Gasteiger partial charge in [0.25, 0.3) is 0 Å². The number of guanidine groups is 1. The molecule has 1 aliphatic rings. The minimum atomic E-state index is 0.309. The summed E-state index contributed by atoms with van der Waals surface area (Å²) in [6.07, 6.45) is 3.14. The van der Waals surface area contributed by atoms with Crippen LogP contribution in [0.25, 0.3) is 0 Å². The van der Waals surface area contributed by atoms with E-state index < -0.39 is 0 Å². The summed E-state index contributed by atoms with van der Waals surface area (Å²) >= 11 is 0. The Morgan fingerprint density at radius 3 is 2.68 bits per heavy atom. The summed E-state index contributed by atoms with van der Waals surface area (Å²) in [5, 5.41) is 6.74. The van der Waals surface area contributed by atoms with Gasteiger partial charge in [-0.3, -0.25) is 0 Å². The molecule has 1 saturated heterocycles. The van der Waals surface area contributed by atoms with Crippen LogP contribution < -0.4 is 15.4 Å². The van der Waals surface area contributed by atoms with Crippen LogP contribution in [0.15, 0.2) is 53.5 Å². The lowest BCUT2D eigenvalue weighted by Crippen LogP contribution is -2.38. The molecule has 2 N–H and O–H groups in total. The molecule has 0 unspecified atom stereocenters. The SMILES string of the molecule is CCNC(=NCc1cccc(COC2CCOCC2)c1)NCCc1ccccc1OC. The van der Waals surface area contributed by atoms with Crippen LogP contribution in [0.2, 0.25) is 0 Å². The highest BCUT2D eigenvalue weighted by atomic mass is 16.5. The minimum Gasteiger partial charge on any atom is -0.496 e. The third-order valence-corrected chi connectivity index (χ3v) is 5.29. The number of hydrogen-bond acceptors (Lipinski definition) is 4. The third kappa shape index (κ3) is 7.89. The van der Waals surface area contributed by atoms with Gasteiger partial charge in [-0.2, -0.15) is 0 Å². The van der Waals surface area contributed by atoms with Crippen molar-refractivity contribution >= 4 is 5.96 Å². The van der Waals surface area contributed by atoms with Crippen molar-refractivity contribution in [3.05, 3.63) is 65.2 Å². The molecule has 3 rings (SSSR count). The normalized spacial score (nSPS) is 15.0. The average Bonchev–Trinajstić information content (AvgIpc) is 2.82. The van der Waals surface area contributed by atoms with Crippen molar-refractivity contribution < 1.29 is 14.2 Å². The molecule has 1 fully saturated rings. The zero-order chi connectivity index (χ0) is 21.7. The molecule has 0 aromatic heterocycles. The van der Waals surface area contributed by atoms with Crippen molar-refractivity contribution in [1.82, 2.24) is 10.6 Å². The van der Waals surface area contributed by atoms with Crippen molar-refractivity contribution in [1.29, 1.82) is 0 Å². The van der Waals surface area contributed by atoms with Crippen LogP contribution in [-0.4, -0.2) is 45.5 Å². The van der Waals surface area contributed by atoms with Crippen LogP contribution in [-0.2, 0) is 29.0 Å². The number of benzene rings is 2. The van der Waals surface area contributed by atoms with Gasteiger partial charge in [-0.05, 0) is 48.9 Å². The average molecular weight is 426 g/mol. The molecule has 0 bridgehead atoms. The molecule has 0 amide bonds. The van der Waals surface area contributed by atoms with Gasteiger partial charge < -0.3 is 24.8 Å². The van der Waals surface area contributed by atoms with E-state index in [1.807, 2.05) is 18.2 Å². The van der Waals surface area contributed by atoms with Gasteiger partial charge in [-0.1, -0.05) is 42.5 Å². The molecule has 6 nitrogen and oxygen atoms in total. The van der Waals surface area contributed by atoms with Crippen molar-refractivity contribution in [2.24, 2.45) is 4.99 Å². The second-order valence-corrected chi connectivity index (χ2v) is 7.63. The highest BCUT2D eigenvalue weighted by molar-refractivity contribution is 5.79. The zero-order valence-electron chi connectivity index (χ0n) is 18.7. The molecule has 1 heterocycles. The Morgan fingerprint density at radius 1 is 1.06 bits per heavy atom.